The minimum Gasteiger partial charge on any atom is -0.495 e. The van der Waals surface area contributed by atoms with Crippen molar-refractivity contribution in [3.63, 3.8) is 0 Å². The molecule has 3 atom stereocenters. The Morgan fingerprint density at radius 3 is 2.50 bits per heavy atom. The second-order valence-corrected chi connectivity index (χ2v) is 11.0. The first-order chi connectivity index (χ1) is 16.3. The molecule has 2 fully saturated rings. The smallest absolute Gasteiger partial charge is 0.264 e. The van der Waals surface area contributed by atoms with Gasteiger partial charge in [0, 0.05) is 25.2 Å². The van der Waals surface area contributed by atoms with Crippen molar-refractivity contribution in [2.45, 2.75) is 50.8 Å². The number of benzene rings is 2. The van der Waals surface area contributed by atoms with Crippen molar-refractivity contribution in [3.05, 3.63) is 42.5 Å². The van der Waals surface area contributed by atoms with E-state index in [0.717, 1.165) is 12.3 Å². The Hall–Kier alpha value is -2.74. The highest BCUT2D eigenvalue weighted by Gasteiger charge is 2.40. The first-order valence-corrected chi connectivity index (χ1v) is 13.7. The maximum Gasteiger partial charge on any atom is 0.264 e. The maximum absolute atomic E-state index is 13.5. The third-order valence-corrected chi connectivity index (χ3v) is 8.72. The highest BCUT2D eigenvalue weighted by molar-refractivity contribution is 7.93. The molecule has 2 aliphatic rings. The van der Waals surface area contributed by atoms with Gasteiger partial charge in [-0.1, -0.05) is 18.6 Å². The molecule has 4 rings (SSSR count). The van der Waals surface area contributed by atoms with Gasteiger partial charge >= 0.3 is 0 Å². The molecule has 34 heavy (non-hydrogen) atoms. The molecule has 2 aliphatic carbocycles. The van der Waals surface area contributed by atoms with Gasteiger partial charge in [0.15, 0.2) is 0 Å². The highest BCUT2D eigenvalue weighted by atomic mass is 32.2. The summed E-state index contributed by atoms with van der Waals surface area (Å²) in [5.74, 6) is 2.29. The molecule has 0 spiro atoms. The molecule has 2 N–H and O–H groups in total. The fourth-order valence-electron chi connectivity index (χ4n) is 5.64. The molecule has 0 radical (unpaired) electrons. The Balaban J connectivity index is 1.59. The fraction of sp³-hybridized carbons (Fsp3) is 0.500. The number of hydrogen-bond donors (Lipinski definition) is 2. The van der Waals surface area contributed by atoms with Crippen LogP contribution in [0, 0.1) is 17.8 Å². The van der Waals surface area contributed by atoms with E-state index in [9.17, 15) is 13.2 Å². The number of anilines is 3. The molecule has 8 heteroatoms. The average molecular weight is 486 g/mol. The predicted octanol–water partition coefficient (Wildman–Crippen LogP) is 5.11. The largest absolute Gasteiger partial charge is 0.495 e. The van der Waals surface area contributed by atoms with Gasteiger partial charge in [0.2, 0.25) is 5.91 Å². The van der Waals surface area contributed by atoms with Crippen LogP contribution < -0.4 is 19.7 Å². The first kappa shape index (κ1) is 24.4. The topological polar surface area (TPSA) is 87.7 Å². The van der Waals surface area contributed by atoms with Gasteiger partial charge in [0.1, 0.15) is 10.6 Å². The van der Waals surface area contributed by atoms with Gasteiger partial charge in [-0.05, 0) is 81.2 Å². The van der Waals surface area contributed by atoms with Gasteiger partial charge < -0.3 is 15.0 Å². The Bertz CT molecular complexity index is 1130. The van der Waals surface area contributed by atoms with Crippen molar-refractivity contribution in [1.82, 2.24) is 0 Å². The van der Waals surface area contributed by atoms with Gasteiger partial charge in [0.05, 0.1) is 18.5 Å². The minimum absolute atomic E-state index is 0.0471. The Kier molecular flexibility index (Phi) is 7.36. The zero-order valence-corrected chi connectivity index (χ0v) is 21.0. The molecule has 0 aliphatic heterocycles. The van der Waals surface area contributed by atoms with E-state index in [1.54, 1.807) is 42.5 Å². The number of carbonyl (C=O) groups is 1. The summed E-state index contributed by atoms with van der Waals surface area (Å²) in [5.41, 5.74) is 1.45. The van der Waals surface area contributed by atoms with Crippen LogP contribution in [0.1, 0.15) is 46.0 Å². The van der Waals surface area contributed by atoms with Crippen LogP contribution in [0.15, 0.2) is 47.4 Å². The van der Waals surface area contributed by atoms with Crippen LogP contribution in [0.2, 0.25) is 0 Å². The summed E-state index contributed by atoms with van der Waals surface area (Å²) >= 11 is 0. The molecule has 2 saturated carbocycles. The zero-order chi connectivity index (χ0) is 24.3. The number of rotatable bonds is 10. The monoisotopic (exact) mass is 485 g/mol. The number of para-hydroxylation sites is 2. The lowest BCUT2D eigenvalue weighted by Gasteiger charge is -2.25. The summed E-state index contributed by atoms with van der Waals surface area (Å²) in [4.78, 5) is 14.9. The van der Waals surface area contributed by atoms with Crippen LogP contribution in [-0.2, 0) is 14.8 Å². The molecule has 2 aromatic rings. The molecular weight excluding hydrogens is 450 g/mol. The number of amides is 1. The van der Waals surface area contributed by atoms with Crippen LogP contribution in [0.4, 0.5) is 17.1 Å². The third-order valence-electron chi connectivity index (χ3n) is 7.32. The first-order valence-electron chi connectivity index (χ1n) is 12.2. The van der Waals surface area contributed by atoms with E-state index in [0.29, 0.717) is 54.2 Å². The lowest BCUT2D eigenvalue weighted by molar-refractivity contribution is -0.117. The zero-order valence-electron chi connectivity index (χ0n) is 20.2. The Labute approximate surface area is 202 Å². The molecule has 0 heterocycles. The van der Waals surface area contributed by atoms with Crippen molar-refractivity contribution in [2.24, 2.45) is 17.8 Å². The molecule has 184 valence electrons. The van der Waals surface area contributed by atoms with Crippen LogP contribution in [0.5, 0.6) is 5.75 Å². The van der Waals surface area contributed by atoms with Crippen molar-refractivity contribution >= 4 is 33.0 Å². The summed E-state index contributed by atoms with van der Waals surface area (Å²) in [5, 5.41) is 2.96. The summed E-state index contributed by atoms with van der Waals surface area (Å²) < 4.78 is 35.0. The molecule has 0 aromatic heterocycles. The molecule has 7 nitrogen and oxygen atoms in total. The van der Waals surface area contributed by atoms with Gasteiger partial charge in [-0.2, -0.15) is 0 Å². The van der Waals surface area contributed by atoms with E-state index in [4.69, 9.17) is 4.74 Å². The second kappa shape index (κ2) is 10.3. The van der Waals surface area contributed by atoms with E-state index < -0.39 is 10.0 Å². The van der Waals surface area contributed by atoms with Crippen molar-refractivity contribution in [2.75, 3.05) is 35.1 Å². The van der Waals surface area contributed by atoms with E-state index in [-0.39, 0.29) is 10.8 Å². The quantitative estimate of drug-likeness (QED) is 0.488. The number of fused-ring (bicyclic) bond motifs is 2. The number of methoxy groups -OCH3 is 1. The molecular formula is C26H35N3O4S. The van der Waals surface area contributed by atoms with Gasteiger partial charge in [-0.15, -0.1) is 0 Å². The Morgan fingerprint density at radius 1 is 1.09 bits per heavy atom. The number of ether oxygens (including phenoxy) is 1. The SMILES string of the molecule is CCN(CC)c1ccc(NC(=O)C[C@@H]2C[C@H]3CC[C@@H]2C3)cc1S(=O)(=O)Nc1ccccc1OC. The van der Waals surface area contributed by atoms with Crippen LogP contribution in [-0.4, -0.2) is 34.5 Å². The maximum atomic E-state index is 13.5. The number of hydrogen-bond acceptors (Lipinski definition) is 5. The third kappa shape index (κ3) is 5.17. The number of sulfonamides is 1. The summed E-state index contributed by atoms with van der Waals surface area (Å²) in [6.07, 6.45) is 5.43. The van der Waals surface area contributed by atoms with Crippen molar-refractivity contribution < 1.29 is 17.9 Å². The van der Waals surface area contributed by atoms with Crippen LogP contribution in [0.25, 0.3) is 0 Å². The van der Waals surface area contributed by atoms with E-state index >= 15 is 0 Å². The van der Waals surface area contributed by atoms with Gasteiger partial charge in [-0.3, -0.25) is 9.52 Å². The predicted molar refractivity (Wildman–Crippen MR) is 136 cm³/mol. The van der Waals surface area contributed by atoms with E-state index in [1.165, 1.54) is 26.4 Å². The fourth-order valence-corrected chi connectivity index (χ4v) is 6.96. The van der Waals surface area contributed by atoms with Crippen molar-refractivity contribution in [3.8, 4) is 5.75 Å². The average Bonchev–Trinajstić information content (AvgIpc) is 3.44. The van der Waals surface area contributed by atoms with E-state index in [1.807, 2.05) is 18.7 Å². The lowest BCUT2D eigenvalue weighted by atomic mass is 9.86. The highest BCUT2D eigenvalue weighted by Crippen LogP contribution is 2.49. The number of carbonyl (C=O) groups excluding carboxylic acids is 1. The second-order valence-electron chi connectivity index (χ2n) is 9.35. The minimum atomic E-state index is -3.95. The standard InChI is InChI=1S/C26H35N3O4S/c1-4-29(5-2)23-13-12-21(27-26(30)16-20-15-18-10-11-19(20)14-18)17-25(23)34(31,32)28-22-8-6-7-9-24(22)33-3/h6-9,12-13,17-20,28H,4-5,10-11,14-16H2,1-3H3,(H,27,30)/t18-,19+,20-/m0/s1. The normalized spacial score (nSPS) is 21.3. The summed E-state index contributed by atoms with van der Waals surface area (Å²) in [6, 6.07) is 12.0. The van der Waals surface area contributed by atoms with Gasteiger partial charge in [0.25, 0.3) is 10.0 Å². The van der Waals surface area contributed by atoms with Crippen molar-refractivity contribution in [1.29, 1.82) is 0 Å². The van der Waals surface area contributed by atoms with Crippen LogP contribution >= 0.6 is 0 Å². The number of nitrogens with one attached hydrogen (secondary N) is 2. The molecule has 2 aromatic carbocycles. The van der Waals surface area contributed by atoms with Crippen LogP contribution in [0.3, 0.4) is 0 Å². The Morgan fingerprint density at radius 2 is 1.85 bits per heavy atom. The molecule has 2 bridgehead atoms. The summed E-state index contributed by atoms with van der Waals surface area (Å²) in [6.45, 7) is 5.28. The van der Waals surface area contributed by atoms with E-state index in [2.05, 4.69) is 10.0 Å². The number of nitrogens with zero attached hydrogens (tertiary/aromatic N) is 1. The summed E-state index contributed by atoms with van der Waals surface area (Å²) in [7, 11) is -2.45. The molecule has 0 saturated heterocycles. The van der Waals surface area contributed by atoms with Gasteiger partial charge in [-0.25, -0.2) is 8.42 Å². The lowest BCUT2D eigenvalue weighted by Crippen LogP contribution is -2.26. The molecule has 1 amide bonds. The molecule has 0 unspecified atom stereocenters.